The van der Waals surface area contributed by atoms with Gasteiger partial charge in [0, 0.05) is 18.8 Å². The number of carbonyl (C=O) groups excluding carboxylic acids is 1. The van der Waals surface area contributed by atoms with Crippen LogP contribution in [0.1, 0.15) is 56.9 Å². The van der Waals surface area contributed by atoms with Gasteiger partial charge in [-0.3, -0.25) is 9.59 Å². The minimum Gasteiger partial charge on any atom is -0.481 e. The molecule has 4 heteroatoms. The van der Waals surface area contributed by atoms with Crippen LogP contribution < -0.4 is 0 Å². The molecule has 0 saturated heterocycles. The Balaban J connectivity index is 1.71. The van der Waals surface area contributed by atoms with Gasteiger partial charge in [-0.05, 0) is 56.1 Å². The molecule has 2 N–H and O–H groups in total. The highest BCUT2D eigenvalue weighted by molar-refractivity contribution is 5.96. The Morgan fingerprint density at radius 1 is 1.04 bits per heavy atom. The number of allylic oxidation sites excluding steroid dienone is 2. The number of carbonyl (C=O) groups is 2. The molecular formula is C23H30O4. The number of hydrogen-bond acceptors (Lipinski definition) is 3. The molecule has 2 rings (SSSR count). The van der Waals surface area contributed by atoms with Gasteiger partial charge in [0.15, 0.2) is 5.78 Å². The molecule has 27 heavy (non-hydrogen) atoms. The first-order chi connectivity index (χ1) is 13.1. The number of aliphatic carboxylic acids is 1. The Kier molecular flexibility index (Phi) is 8.99. The molecule has 0 bridgehead atoms. The molecule has 1 aromatic rings. The fraction of sp³-hybridized carbons (Fsp3) is 0.478. The monoisotopic (exact) mass is 370 g/mol. The maximum absolute atomic E-state index is 12.6. The molecule has 0 saturated carbocycles. The van der Waals surface area contributed by atoms with Gasteiger partial charge < -0.3 is 10.2 Å². The smallest absolute Gasteiger partial charge is 0.303 e. The summed E-state index contributed by atoms with van der Waals surface area (Å²) in [7, 11) is 0. The number of carboxylic acids is 1. The molecule has 146 valence electrons. The molecular weight excluding hydrogens is 340 g/mol. The number of rotatable bonds is 12. The number of unbranched alkanes of at least 4 members (excludes halogenated alkanes) is 2. The van der Waals surface area contributed by atoms with E-state index in [9.17, 15) is 14.7 Å². The zero-order valence-corrected chi connectivity index (χ0v) is 15.8. The second-order valence-electron chi connectivity index (χ2n) is 7.18. The van der Waals surface area contributed by atoms with Crippen LogP contribution in [0.2, 0.25) is 0 Å². The summed E-state index contributed by atoms with van der Waals surface area (Å²) in [4.78, 5) is 23.0. The first-order valence-corrected chi connectivity index (χ1v) is 9.90. The third-order valence-corrected chi connectivity index (χ3v) is 5.05. The van der Waals surface area contributed by atoms with Gasteiger partial charge in [-0.15, -0.1) is 0 Å². The highest BCUT2D eigenvalue weighted by Crippen LogP contribution is 2.31. The van der Waals surface area contributed by atoms with E-state index < -0.39 is 12.1 Å². The second kappa shape index (κ2) is 11.5. The predicted octanol–water partition coefficient (Wildman–Crippen LogP) is 4.48. The highest BCUT2D eigenvalue weighted by atomic mass is 16.4. The van der Waals surface area contributed by atoms with Crippen LogP contribution in [-0.4, -0.2) is 28.1 Å². The van der Waals surface area contributed by atoms with Gasteiger partial charge in [0.25, 0.3) is 0 Å². The Morgan fingerprint density at radius 3 is 2.56 bits per heavy atom. The minimum atomic E-state index is -0.780. The van der Waals surface area contributed by atoms with Crippen LogP contribution in [0.15, 0.2) is 54.1 Å². The number of aryl methyl sites for hydroxylation is 1. The highest BCUT2D eigenvalue weighted by Gasteiger charge is 2.30. The number of benzene rings is 1. The summed E-state index contributed by atoms with van der Waals surface area (Å²) in [6.07, 6.45) is 11.4. The summed E-state index contributed by atoms with van der Waals surface area (Å²) < 4.78 is 0. The first kappa shape index (κ1) is 21.1. The van der Waals surface area contributed by atoms with Gasteiger partial charge in [-0.2, -0.15) is 0 Å². The van der Waals surface area contributed by atoms with Crippen molar-refractivity contribution >= 4 is 11.8 Å². The quantitative estimate of drug-likeness (QED) is 0.420. The average molecular weight is 370 g/mol. The number of aliphatic hydroxyl groups excluding tert-OH is 1. The molecule has 1 aliphatic rings. The number of Topliss-reactive ketones (excluding diaryl/α,β-unsaturated/α-hetero) is 1. The lowest BCUT2D eigenvalue weighted by Crippen LogP contribution is -2.19. The molecule has 4 nitrogen and oxygen atoms in total. The fourth-order valence-electron chi connectivity index (χ4n) is 3.51. The lowest BCUT2D eigenvalue weighted by Gasteiger charge is -2.16. The van der Waals surface area contributed by atoms with Crippen LogP contribution in [0.5, 0.6) is 0 Å². The molecule has 0 aromatic heterocycles. The molecule has 2 unspecified atom stereocenters. The fourth-order valence-corrected chi connectivity index (χ4v) is 3.51. The number of hydrogen-bond donors (Lipinski definition) is 2. The SMILES string of the molecule is O=C(O)CCCC=CCC1C(C(=O)CCCCc2ccccc2)=CCC1O. The summed E-state index contributed by atoms with van der Waals surface area (Å²) in [6.45, 7) is 0. The molecule has 0 heterocycles. The summed E-state index contributed by atoms with van der Waals surface area (Å²) in [5, 5.41) is 18.8. The van der Waals surface area contributed by atoms with E-state index in [1.807, 2.05) is 36.4 Å². The third-order valence-electron chi connectivity index (χ3n) is 5.05. The topological polar surface area (TPSA) is 74.6 Å². The van der Waals surface area contributed by atoms with Crippen LogP contribution in [0.4, 0.5) is 0 Å². The van der Waals surface area contributed by atoms with Gasteiger partial charge in [-0.25, -0.2) is 0 Å². The van der Waals surface area contributed by atoms with Crippen molar-refractivity contribution in [1.29, 1.82) is 0 Å². The van der Waals surface area contributed by atoms with Crippen molar-refractivity contribution in [1.82, 2.24) is 0 Å². The predicted molar refractivity (Wildman–Crippen MR) is 106 cm³/mol. The van der Waals surface area contributed by atoms with Gasteiger partial charge in [-0.1, -0.05) is 48.6 Å². The van der Waals surface area contributed by atoms with Crippen molar-refractivity contribution in [3.05, 3.63) is 59.7 Å². The number of aliphatic hydroxyl groups is 1. The Labute approximate surface area is 161 Å². The maximum atomic E-state index is 12.6. The van der Waals surface area contributed by atoms with E-state index in [4.69, 9.17) is 5.11 Å². The van der Waals surface area contributed by atoms with E-state index in [2.05, 4.69) is 12.1 Å². The van der Waals surface area contributed by atoms with Crippen LogP contribution >= 0.6 is 0 Å². The van der Waals surface area contributed by atoms with Crippen LogP contribution in [-0.2, 0) is 16.0 Å². The largest absolute Gasteiger partial charge is 0.481 e. The summed E-state index contributed by atoms with van der Waals surface area (Å²) >= 11 is 0. The van der Waals surface area contributed by atoms with Crippen molar-refractivity contribution in [2.45, 2.75) is 63.9 Å². The molecule has 0 amide bonds. The van der Waals surface area contributed by atoms with Gasteiger partial charge >= 0.3 is 5.97 Å². The Morgan fingerprint density at radius 2 is 1.81 bits per heavy atom. The van der Waals surface area contributed by atoms with E-state index in [1.165, 1.54) is 5.56 Å². The second-order valence-corrected chi connectivity index (χ2v) is 7.18. The summed E-state index contributed by atoms with van der Waals surface area (Å²) in [5.41, 5.74) is 2.07. The molecule has 2 atom stereocenters. The van der Waals surface area contributed by atoms with Crippen molar-refractivity contribution < 1.29 is 19.8 Å². The molecule has 1 aliphatic carbocycles. The van der Waals surface area contributed by atoms with E-state index in [-0.39, 0.29) is 18.1 Å². The molecule has 1 aromatic carbocycles. The number of ketones is 1. The Bertz CT molecular complexity index is 660. The standard InChI is InChI=1S/C23H30O4/c24-21(14-9-8-12-18-10-4-3-5-11-18)20-16-17-22(25)19(20)13-6-1-2-7-15-23(26)27/h1,3-6,10-11,16,19,22,25H,2,7-9,12-15,17H2,(H,26,27). The van der Waals surface area contributed by atoms with Gasteiger partial charge in [0.2, 0.25) is 0 Å². The third kappa shape index (κ3) is 7.51. The molecule has 0 spiro atoms. The van der Waals surface area contributed by atoms with Gasteiger partial charge in [0.05, 0.1) is 6.10 Å². The van der Waals surface area contributed by atoms with E-state index in [0.717, 1.165) is 24.8 Å². The molecule has 0 fully saturated rings. The summed E-state index contributed by atoms with van der Waals surface area (Å²) in [6, 6.07) is 10.3. The molecule has 0 radical (unpaired) electrons. The van der Waals surface area contributed by atoms with Crippen LogP contribution in [0.3, 0.4) is 0 Å². The Hall–Kier alpha value is -2.20. The zero-order chi connectivity index (χ0) is 19.5. The van der Waals surface area contributed by atoms with E-state index in [1.54, 1.807) is 0 Å². The minimum absolute atomic E-state index is 0.123. The van der Waals surface area contributed by atoms with Crippen molar-refractivity contribution in [2.24, 2.45) is 5.92 Å². The van der Waals surface area contributed by atoms with E-state index >= 15 is 0 Å². The van der Waals surface area contributed by atoms with Crippen LogP contribution in [0.25, 0.3) is 0 Å². The zero-order valence-electron chi connectivity index (χ0n) is 15.8. The van der Waals surface area contributed by atoms with Gasteiger partial charge in [0.1, 0.15) is 0 Å². The van der Waals surface area contributed by atoms with Crippen molar-refractivity contribution in [3.8, 4) is 0 Å². The summed E-state index contributed by atoms with van der Waals surface area (Å²) in [5.74, 6) is -0.746. The lowest BCUT2D eigenvalue weighted by atomic mass is 9.90. The van der Waals surface area contributed by atoms with E-state index in [0.29, 0.717) is 32.1 Å². The average Bonchev–Trinajstić information content (AvgIpc) is 3.03. The molecule has 0 aliphatic heterocycles. The normalized spacial score (nSPS) is 19.4. The number of carboxylic acid groups (broad SMARTS) is 1. The first-order valence-electron chi connectivity index (χ1n) is 9.90. The maximum Gasteiger partial charge on any atom is 0.303 e. The van der Waals surface area contributed by atoms with Crippen LogP contribution in [0, 0.1) is 5.92 Å². The van der Waals surface area contributed by atoms with Crippen molar-refractivity contribution in [2.75, 3.05) is 0 Å². The lowest BCUT2D eigenvalue weighted by molar-refractivity contribution is -0.137. The van der Waals surface area contributed by atoms with Crippen molar-refractivity contribution in [3.63, 3.8) is 0 Å².